The molecule has 0 saturated carbocycles. The molecule has 0 aromatic heterocycles. The Bertz CT molecular complexity index is 435. The number of hydrogen-bond acceptors (Lipinski definition) is 3. The van der Waals surface area contributed by atoms with E-state index in [4.69, 9.17) is 5.73 Å². The summed E-state index contributed by atoms with van der Waals surface area (Å²) < 4.78 is 0. The Hall–Kier alpha value is -1.00. The monoisotopic (exact) mass is 251 g/mol. The van der Waals surface area contributed by atoms with E-state index in [1.54, 1.807) is 18.7 Å². The molecule has 1 aromatic carbocycles. The fourth-order valence-electron chi connectivity index (χ4n) is 2.20. The van der Waals surface area contributed by atoms with Crippen LogP contribution < -0.4 is 5.73 Å². The number of nitrogens with two attached hydrogens (primary N) is 1. The summed E-state index contributed by atoms with van der Waals surface area (Å²) in [5.74, 6) is 0.470. The molecule has 17 heavy (non-hydrogen) atoms. The van der Waals surface area contributed by atoms with Gasteiger partial charge in [0.05, 0.1) is 5.41 Å². The van der Waals surface area contributed by atoms with E-state index < -0.39 is 11.4 Å². The van der Waals surface area contributed by atoms with Gasteiger partial charge in [0.1, 0.15) is 0 Å². The summed E-state index contributed by atoms with van der Waals surface area (Å²) in [6.07, 6.45) is 0.614. The van der Waals surface area contributed by atoms with Crippen molar-refractivity contribution in [3.05, 3.63) is 29.8 Å². The van der Waals surface area contributed by atoms with Crippen molar-refractivity contribution >= 4 is 17.7 Å². The van der Waals surface area contributed by atoms with E-state index in [1.807, 2.05) is 12.1 Å². The van der Waals surface area contributed by atoms with Crippen LogP contribution in [-0.4, -0.2) is 23.4 Å². The number of hydrogen-bond donors (Lipinski definition) is 2. The van der Waals surface area contributed by atoms with Gasteiger partial charge in [-0.1, -0.05) is 18.2 Å². The highest BCUT2D eigenvalue weighted by Gasteiger charge is 2.37. The zero-order chi connectivity index (χ0) is 12.5. The maximum absolute atomic E-state index is 11.3. The number of thioether (sulfide) groups is 1. The molecule has 1 aliphatic heterocycles. The molecule has 2 rings (SSSR count). The first kappa shape index (κ1) is 12.5. The minimum absolute atomic E-state index is 0.186. The number of benzene rings is 1. The highest BCUT2D eigenvalue weighted by molar-refractivity contribution is 7.99. The Kier molecular flexibility index (Phi) is 3.45. The molecule has 0 amide bonds. The van der Waals surface area contributed by atoms with Gasteiger partial charge in [-0.15, -0.1) is 11.8 Å². The molecule has 0 radical (unpaired) electrons. The van der Waals surface area contributed by atoms with Gasteiger partial charge in [-0.2, -0.15) is 0 Å². The molecule has 1 aromatic rings. The number of carboxylic acids is 1. The van der Waals surface area contributed by atoms with Crippen molar-refractivity contribution in [3.8, 4) is 0 Å². The average molecular weight is 251 g/mol. The van der Waals surface area contributed by atoms with Crippen LogP contribution in [0, 0.1) is 5.41 Å². The van der Waals surface area contributed by atoms with Crippen LogP contribution in [0.15, 0.2) is 29.2 Å². The summed E-state index contributed by atoms with van der Waals surface area (Å²) in [6, 6.07) is 8.23. The van der Waals surface area contributed by atoms with Gasteiger partial charge < -0.3 is 10.8 Å². The van der Waals surface area contributed by atoms with E-state index >= 15 is 0 Å². The quantitative estimate of drug-likeness (QED) is 0.862. The van der Waals surface area contributed by atoms with Crippen molar-refractivity contribution in [3.63, 3.8) is 0 Å². The SMILES string of the molecule is CC(CN)(CC1CSc2ccccc21)C(=O)O. The molecular weight excluding hydrogens is 234 g/mol. The fourth-order valence-corrected chi connectivity index (χ4v) is 3.45. The molecular formula is C13H17NO2S. The fraction of sp³-hybridized carbons (Fsp3) is 0.462. The van der Waals surface area contributed by atoms with Crippen LogP contribution in [0.2, 0.25) is 0 Å². The second kappa shape index (κ2) is 4.70. The number of fused-ring (bicyclic) bond motifs is 1. The van der Waals surface area contributed by atoms with Gasteiger partial charge >= 0.3 is 5.97 Å². The van der Waals surface area contributed by atoms with Gasteiger partial charge in [0.25, 0.3) is 0 Å². The Morgan fingerprint density at radius 1 is 1.59 bits per heavy atom. The number of rotatable bonds is 4. The molecule has 2 atom stereocenters. The van der Waals surface area contributed by atoms with Gasteiger partial charge in [0, 0.05) is 17.2 Å². The lowest BCUT2D eigenvalue weighted by Crippen LogP contribution is -2.37. The highest BCUT2D eigenvalue weighted by atomic mass is 32.2. The first-order valence-corrected chi connectivity index (χ1v) is 6.70. The van der Waals surface area contributed by atoms with E-state index in [9.17, 15) is 9.90 Å². The van der Waals surface area contributed by atoms with Crippen molar-refractivity contribution < 1.29 is 9.90 Å². The Balaban J connectivity index is 2.19. The molecule has 1 heterocycles. The normalized spacial score (nSPS) is 21.9. The van der Waals surface area contributed by atoms with Crippen LogP contribution in [0.5, 0.6) is 0 Å². The van der Waals surface area contributed by atoms with Gasteiger partial charge in [-0.25, -0.2) is 0 Å². The largest absolute Gasteiger partial charge is 0.481 e. The third-order valence-corrected chi connectivity index (χ3v) is 4.71. The van der Waals surface area contributed by atoms with Crippen LogP contribution in [-0.2, 0) is 4.79 Å². The van der Waals surface area contributed by atoms with Crippen molar-refractivity contribution in [1.29, 1.82) is 0 Å². The second-order valence-corrected chi connectivity index (χ2v) is 5.88. The average Bonchev–Trinajstić information content (AvgIpc) is 2.72. The minimum atomic E-state index is -0.817. The van der Waals surface area contributed by atoms with Crippen LogP contribution in [0.25, 0.3) is 0 Å². The van der Waals surface area contributed by atoms with Crippen molar-refractivity contribution in [2.24, 2.45) is 11.1 Å². The maximum Gasteiger partial charge on any atom is 0.310 e. The maximum atomic E-state index is 11.3. The van der Waals surface area contributed by atoms with Crippen molar-refractivity contribution in [2.45, 2.75) is 24.2 Å². The van der Waals surface area contributed by atoms with Crippen LogP contribution >= 0.6 is 11.8 Å². The molecule has 1 aliphatic rings. The molecule has 0 bridgehead atoms. The molecule has 2 unspecified atom stereocenters. The summed E-state index contributed by atoms with van der Waals surface area (Å²) in [6.45, 7) is 1.92. The van der Waals surface area contributed by atoms with E-state index in [2.05, 4.69) is 12.1 Å². The number of carbonyl (C=O) groups is 1. The third-order valence-electron chi connectivity index (χ3n) is 3.46. The van der Waals surface area contributed by atoms with E-state index in [0.717, 1.165) is 5.75 Å². The van der Waals surface area contributed by atoms with Gasteiger partial charge in [-0.05, 0) is 30.9 Å². The van der Waals surface area contributed by atoms with Crippen LogP contribution in [0.4, 0.5) is 0 Å². The van der Waals surface area contributed by atoms with E-state index in [1.165, 1.54) is 10.5 Å². The molecule has 0 fully saturated rings. The lowest BCUT2D eigenvalue weighted by atomic mass is 9.79. The molecule has 0 aliphatic carbocycles. The van der Waals surface area contributed by atoms with Crippen LogP contribution in [0.3, 0.4) is 0 Å². The summed E-state index contributed by atoms with van der Waals surface area (Å²) in [5, 5.41) is 9.25. The van der Waals surface area contributed by atoms with Crippen molar-refractivity contribution in [2.75, 3.05) is 12.3 Å². The highest BCUT2D eigenvalue weighted by Crippen LogP contribution is 2.44. The topological polar surface area (TPSA) is 63.3 Å². The second-order valence-electron chi connectivity index (χ2n) is 4.82. The zero-order valence-corrected chi connectivity index (χ0v) is 10.7. The summed E-state index contributed by atoms with van der Waals surface area (Å²) in [5.41, 5.74) is 6.08. The minimum Gasteiger partial charge on any atom is -0.481 e. The molecule has 3 N–H and O–H groups in total. The molecule has 4 heteroatoms. The number of aliphatic carboxylic acids is 1. The first-order valence-electron chi connectivity index (χ1n) is 5.72. The summed E-state index contributed by atoms with van der Waals surface area (Å²) >= 11 is 1.81. The van der Waals surface area contributed by atoms with Crippen LogP contribution in [0.1, 0.15) is 24.8 Å². The summed E-state index contributed by atoms with van der Waals surface area (Å²) in [4.78, 5) is 12.5. The Morgan fingerprint density at radius 3 is 2.94 bits per heavy atom. The number of carboxylic acid groups (broad SMARTS) is 1. The Morgan fingerprint density at radius 2 is 2.29 bits per heavy atom. The van der Waals surface area contributed by atoms with Gasteiger partial charge in [0.2, 0.25) is 0 Å². The van der Waals surface area contributed by atoms with Gasteiger partial charge in [0.15, 0.2) is 0 Å². The Labute approximate surface area is 105 Å². The first-order chi connectivity index (χ1) is 8.07. The molecule has 0 saturated heterocycles. The molecule has 0 spiro atoms. The smallest absolute Gasteiger partial charge is 0.310 e. The van der Waals surface area contributed by atoms with E-state index in [0.29, 0.717) is 12.3 Å². The third kappa shape index (κ3) is 2.33. The lowest BCUT2D eigenvalue weighted by molar-refractivity contribution is -0.147. The lowest BCUT2D eigenvalue weighted by Gasteiger charge is -2.26. The predicted molar refractivity (Wildman–Crippen MR) is 69.3 cm³/mol. The van der Waals surface area contributed by atoms with Crippen molar-refractivity contribution in [1.82, 2.24) is 0 Å². The standard InChI is InChI=1S/C13H17NO2S/c1-13(8-14,12(15)16)6-9-7-17-11-5-3-2-4-10(9)11/h2-5,9H,6-8,14H2,1H3,(H,15,16). The molecule has 92 valence electrons. The van der Waals surface area contributed by atoms with E-state index in [-0.39, 0.29) is 6.54 Å². The summed E-state index contributed by atoms with van der Waals surface area (Å²) in [7, 11) is 0. The zero-order valence-electron chi connectivity index (χ0n) is 9.85. The van der Waals surface area contributed by atoms with Gasteiger partial charge in [-0.3, -0.25) is 4.79 Å². The predicted octanol–water partition coefficient (Wildman–Crippen LogP) is 2.32. The molecule has 3 nitrogen and oxygen atoms in total.